The van der Waals surface area contributed by atoms with Gasteiger partial charge in [-0.15, -0.1) is 0 Å². The van der Waals surface area contributed by atoms with E-state index in [2.05, 4.69) is 10.3 Å². The van der Waals surface area contributed by atoms with Crippen molar-refractivity contribution in [3.8, 4) is 0 Å². The number of amides is 1. The Morgan fingerprint density at radius 1 is 1.55 bits per heavy atom. The van der Waals surface area contributed by atoms with Gasteiger partial charge < -0.3 is 9.15 Å². The van der Waals surface area contributed by atoms with Gasteiger partial charge in [0.1, 0.15) is 5.76 Å². The molecule has 2 rings (SSSR count). The smallest absolute Gasteiger partial charge is 0.301 e. The van der Waals surface area contributed by atoms with Gasteiger partial charge in [-0.05, 0) is 39.3 Å². The minimum absolute atomic E-state index is 0.282. The van der Waals surface area contributed by atoms with Crippen LogP contribution in [-0.4, -0.2) is 37.1 Å². The Bertz CT molecular complexity index is 453. The van der Waals surface area contributed by atoms with E-state index >= 15 is 0 Å². The SMILES string of the molecule is Cc1cc(CN(C)CC2CCCCO2)oc1C(=O)NN. The summed E-state index contributed by atoms with van der Waals surface area (Å²) in [5.74, 6) is 5.77. The highest BCUT2D eigenvalue weighted by Crippen LogP contribution is 2.18. The van der Waals surface area contributed by atoms with Crippen molar-refractivity contribution in [1.29, 1.82) is 0 Å². The highest BCUT2D eigenvalue weighted by Gasteiger charge is 2.18. The van der Waals surface area contributed by atoms with Crippen molar-refractivity contribution in [2.45, 2.75) is 38.8 Å². The fourth-order valence-electron chi connectivity index (χ4n) is 2.55. The van der Waals surface area contributed by atoms with Crippen molar-refractivity contribution in [1.82, 2.24) is 10.3 Å². The molecule has 1 atom stereocenters. The van der Waals surface area contributed by atoms with E-state index < -0.39 is 5.91 Å². The Morgan fingerprint density at radius 3 is 3.00 bits per heavy atom. The molecule has 1 amide bonds. The molecule has 6 heteroatoms. The van der Waals surface area contributed by atoms with Crippen LogP contribution in [0.15, 0.2) is 10.5 Å². The molecule has 3 N–H and O–H groups in total. The van der Waals surface area contributed by atoms with Gasteiger partial charge in [-0.25, -0.2) is 5.84 Å². The van der Waals surface area contributed by atoms with Crippen LogP contribution in [0, 0.1) is 6.92 Å². The van der Waals surface area contributed by atoms with Gasteiger partial charge in [-0.2, -0.15) is 0 Å². The van der Waals surface area contributed by atoms with E-state index in [0.29, 0.717) is 12.6 Å². The van der Waals surface area contributed by atoms with E-state index in [1.807, 2.05) is 20.0 Å². The van der Waals surface area contributed by atoms with Crippen molar-refractivity contribution in [3.05, 3.63) is 23.2 Å². The van der Waals surface area contributed by atoms with Crippen LogP contribution in [0.25, 0.3) is 0 Å². The van der Waals surface area contributed by atoms with Crippen LogP contribution in [0.4, 0.5) is 0 Å². The van der Waals surface area contributed by atoms with Crippen molar-refractivity contribution in [2.75, 3.05) is 20.2 Å². The maximum Gasteiger partial charge on any atom is 0.301 e. The molecule has 6 nitrogen and oxygen atoms in total. The lowest BCUT2D eigenvalue weighted by molar-refractivity contribution is -0.00342. The van der Waals surface area contributed by atoms with E-state index in [1.165, 1.54) is 6.42 Å². The maximum absolute atomic E-state index is 11.5. The lowest BCUT2D eigenvalue weighted by atomic mass is 10.1. The Balaban J connectivity index is 1.90. The molecular weight excluding hydrogens is 258 g/mol. The standard InChI is InChI=1S/C14H23N3O3/c1-10-7-12(20-13(10)14(18)16-15)9-17(2)8-11-5-3-4-6-19-11/h7,11H,3-6,8-9,15H2,1-2H3,(H,16,18). The van der Waals surface area contributed by atoms with Gasteiger partial charge in [0.05, 0.1) is 12.6 Å². The first kappa shape index (κ1) is 15.0. The number of aryl methyl sites for hydroxylation is 1. The second kappa shape index (κ2) is 6.88. The summed E-state index contributed by atoms with van der Waals surface area (Å²) in [7, 11) is 2.03. The number of carbonyl (C=O) groups excluding carboxylic acids is 1. The quantitative estimate of drug-likeness (QED) is 0.481. The zero-order chi connectivity index (χ0) is 14.5. The van der Waals surface area contributed by atoms with Gasteiger partial charge in [0.15, 0.2) is 5.76 Å². The predicted octanol–water partition coefficient (Wildman–Crippen LogP) is 1.19. The van der Waals surface area contributed by atoms with Crippen LogP contribution >= 0.6 is 0 Å². The molecule has 0 aliphatic carbocycles. The highest BCUT2D eigenvalue weighted by molar-refractivity contribution is 5.92. The molecule has 20 heavy (non-hydrogen) atoms. The van der Waals surface area contributed by atoms with Gasteiger partial charge in [0.2, 0.25) is 0 Å². The number of hydrazine groups is 1. The number of furan rings is 1. The summed E-state index contributed by atoms with van der Waals surface area (Å²) in [4.78, 5) is 13.6. The van der Waals surface area contributed by atoms with E-state index in [4.69, 9.17) is 15.0 Å². The summed E-state index contributed by atoms with van der Waals surface area (Å²) in [6.45, 7) is 4.22. The van der Waals surface area contributed by atoms with Crippen molar-refractivity contribution < 1.29 is 13.9 Å². The maximum atomic E-state index is 11.5. The molecule has 1 unspecified atom stereocenters. The molecule has 112 valence electrons. The number of likely N-dealkylation sites (N-methyl/N-ethyl adjacent to an activating group) is 1. The number of rotatable bonds is 5. The minimum atomic E-state index is -0.396. The number of nitrogen functional groups attached to an aromatic ring is 1. The second-order valence-electron chi connectivity index (χ2n) is 5.38. The number of hydrogen-bond donors (Lipinski definition) is 2. The van der Waals surface area contributed by atoms with Crippen molar-refractivity contribution >= 4 is 5.91 Å². The summed E-state index contributed by atoms with van der Waals surface area (Å²) < 4.78 is 11.3. The Labute approximate surface area is 119 Å². The van der Waals surface area contributed by atoms with Gasteiger partial charge in [-0.3, -0.25) is 15.1 Å². The number of carbonyl (C=O) groups is 1. The largest absolute Gasteiger partial charge is 0.454 e. The zero-order valence-corrected chi connectivity index (χ0v) is 12.1. The first-order valence-electron chi connectivity index (χ1n) is 7.00. The summed E-state index contributed by atoms with van der Waals surface area (Å²) in [6, 6.07) is 1.88. The molecule has 0 radical (unpaired) electrons. The van der Waals surface area contributed by atoms with Crippen LogP contribution in [0.2, 0.25) is 0 Å². The lowest BCUT2D eigenvalue weighted by Gasteiger charge is -2.26. The lowest BCUT2D eigenvalue weighted by Crippen LogP contribution is -2.33. The van der Waals surface area contributed by atoms with Crippen molar-refractivity contribution in [3.63, 3.8) is 0 Å². The average molecular weight is 281 g/mol. The van der Waals surface area contributed by atoms with E-state index in [-0.39, 0.29) is 5.76 Å². The number of nitrogens with two attached hydrogens (primary N) is 1. The second-order valence-corrected chi connectivity index (χ2v) is 5.38. The molecule has 0 aromatic carbocycles. The predicted molar refractivity (Wildman–Crippen MR) is 75.0 cm³/mol. The third-order valence-electron chi connectivity index (χ3n) is 3.52. The van der Waals surface area contributed by atoms with Crippen LogP contribution < -0.4 is 11.3 Å². The summed E-state index contributed by atoms with van der Waals surface area (Å²) in [5.41, 5.74) is 2.88. The Morgan fingerprint density at radius 2 is 2.35 bits per heavy atom. The van der Waals surface area contributed by atoms with Gasteiger partial charge in [-0.1, -0.05) is 0 Å². The van der Waals surface area contributed by atoms with Crippen LogP contribution in [-0.2, 0) is 11.3 Å². The Kier molecular flexibility index (Phi) is 5.17. The minimum Gasteiger partial charge on any atom is -0.454 e. The third kappa shape index (κ3) is 3.82. The fourth-order valence-corrected chi connectivity index (χ4v) is 2.55. The molecule has 1 saturated heterocycles. The van der Waals surface area contributed by atoms with Gasteiger partial charge in [0, 0.05) is 18.7 Å². The van der Waals surface area contributed by atoms with Crippen LogP contribution in [0.5, 0.6) is 0 Å². The molecule has 0 spiro atoms. The number of nitrogens with zero attached hydrogens (tertiary/aromatic N) is 1. The van der Waals surface area contributed by atoms with E-state index in [9.17, 15) is 4.79 Å². The first-order valence-corrected chi connectivity index (χ1v) is 7.00. The number of hydrogen-bond acceptors (Lipinski definition) is 5. The summed E-state index contributed by atoms with van der Waals surface area (Å²) in [6.07, 6.45) is 3.81. The normalized spacial score (nSPS) is 19.3. The summed E-state index contributed by atoms with van der Waals surface area (Å²) >= 11 is 0. The summed E-state index contributed by atoms with van der Waals surface area (Å²) in [5, 5.41) is 0. The zero-order valence-electron chi connectivity index (χ0n) is 12.1. The highest BCUT2D eigenvalue weighted by atomic mass is 16.5. The molecule has 1 aliphatic heterocycles. The number of ether oxygens (including phenoxy) is 1. The molecule has 0 saturated carbocycles. The third-order valence-corrected chi connectivity index (χ3v) is 3.52. The van der Waals surface area contributed by atoms with Gasteiger partial charge in [0.25, 0.3) is 0 Å². The van der Waals surface area contributed by atoms with E-state index in [0.717, 1.165) is 37.3 Å². The molecule has 1 aromatic rings. The Hall–Kier alpha value is -1.37. The molecular formula is C14H23N3O3. The average Bonchev–Trinajstić information content (AvgIpc) is 2.79. The fraction of sp³-hybridized carbons (Fsp3) is 0.643. The monoisotopic (exact) mass is 281 g/mol. The molecule has 1 aromatic heterocycles. The van der Waals surface area contributed by atoms with E-state index in [1.54, 1.807) is 0 Å². The van der Waals surface area contributed by atoms with Crippen LogP contribution in [0.1, 0.15) is 41.1 Å². The molecule has 1 fully saturated rings. The molecule has 0 bridgehead atoms. The van der Waals surface area contributed by atoms with Gasteiger partial charge >= 0.3 is 5.91 Å². The molecule has 2 heterocycles. The topological polar surface area (TPSA) is 80.7 Å². The number of nitrogens with one attached hydrogen (secondary N) is 1. The molecule has 1 aliphatic rings. The first-order chi connectivity index (χ1) is 9.60. The van der Waals surface area contributed by atoms with Crippen LogP contribution in [0.3, 0.4) is 0 Å². The van der Waals surface area contributed by atoms with Crippen molar-refractivity contribution in [2.24, 2.45) is 5.84 Å².